The van der Waals surface area contributed by atoms with Crippen LogP contribution in [0.5, 0.6) is 0 Å². The Kier molecular flexibility index (Phi) is 2.57. The normalized spacial score (nSPS) is 15.8. The van der Waals surface area contributed by atoms with E-state index in [0.29, 0.717) is 0 Å². The van der Waals surface area contributed by atoms with Crippen molar-refractivity contribution in [3.05, 3.63) is 47.3 Å². The van der Waals surface area contributed by atoms with Gasteiger partial charge < -0.3 is 10.2 Å². The van der Waals surface area contributed by atoms with Gasteiger partial charge in [-0.15, -0.1) is 0 Å². The molecule has 0 atom stereocenters. The van der Waals surface area contributed by atoms with Crippen molar-refractivity contribution < 1.29 is 4.42 Å². The molecule has 0 radical (unpaired) electrons. The van der Waals surface area contributed by atoms with Crippen LogP contribution in [0, 0.1) is 0 Å². The monoisotopic (exact) mass is 229 g/mol. The lowest BCUT2D eigenvalue weighted by molar-refractivity contribution is 0.222. The van der Waals surface area contributed by atoms with Crippen LogP contribution in [0.1, 0.15) is 17.0 Å². The fourth-order valence-corrected chi connectivity index (χ4v) is 2.24. The van der Waals surface area contributed by atoms with Crippen LogP contribution < -0.4 is 5.73 Å². The van der Waals surface area contributed by atoms with Gasteiger partial charge in [0.25, 0.3) is 6.01 Å². The minimum absolute atomic E-state index is 0.288. The van der Waals surface area contributed by atoms with E-state index in [1.165, 1.54) is 5.56 Å². The second-order valence-corrected chi connectivity index (χ2v) is 4.37. The predicted molar refractivity (Wildman–Crippen MR) is 65.2 cm³/mol. The van der Waals surface area contributed by atoms with Crippen LogP contribution in [-0.4, -0.2) is 16.4 Å². The Hall–Kier alpha value is -1.81. The summed E-state index contributed by atoms with van der Waals surface area (Å²) in [5.74, 6) is 0.921. The number of hydrogen-bond acceptors (Lipinski definition) is 4. The van der Waals surface area contributed by atoms with Crippen molar-refractivity contribution in [2.24, 2.45) is 0 Å². The number of anilines is 1. The highest BCUT2D eigenvalue weighted by Gasteiger charge is 2.21. The summed E-state index contributed by atoms with van der Waals surface area (Å²) in [5, 5.41) is 0. The Bertz CT molecular complexity index is 507. The molecule has 0 spiro atoms. The van der Waals surface area contributed by atoms with Gasteiger partial charge in [-0.3, -0.25) is 4.90 Å². The van der Waals surface area contributed by atoms with Crippen LogP contribution in [-0.2, 0) is 19.5 Å². The molecule has 4 nitrogen and oxygen atoms in total. The van der Waals surface area contributed by atoms with Gasteiger partial charge in [-0.2, -0.15) is 4.98 Å². The lowest BCUT2D eigenvalue weighted by Gasteiger charge is -2.24. The molecule has 0 amide bonds. The summed E-state index contributed by atoms with van der Waals surface area (Å²) in [7, 11) is 0. The van der Waals surface area contributed by atoms with Crippen LogP contribution >= 0.6 is 0 Å². The van der Waals surface area contributed by atoms with Crippen LogP contribution in [0.2, 0.25) is 0 Å². The maximum atomic E-state index is 5.56. The number of nitrogens with two attached hydrogens (primary N) is 1. The molecule has 0 saturated heterocycles. The smallest absolute Gasteiger partial charge is 0.292 e. The zero-order chi connectivity index (χ0) is 11.7. The maximum absolute atomic E-state index is 5.56. The van der Waals surface area contributed by atoms with E-state index in [2.05, 4.69) is 34.1 Å². The minimum atomic E-state index is 0.288. The molecular formula is C13H15N3O. The molecule has 1 aliphatic heterocycles. The Balaban J connectivity index is 1.72. The molecule has 17 heavy (non-hydrogen) atoms. The molecule has 0 bridgehead atoms. The highest BCUT2D eigenvalue weighted by Crippen LogP contribution is 2.21. The fourth-order valence-electron chi connectivity index (χ4n) is 2.24. The first-order chi connectivity index (χ1) is 8.31. The Morgan fingerprint density at radius 2 is 2.12 bits per heavy atom. The summed E-state index contributed by atoms with van der Waals surface area (Å²) >= 11 is 0. The van der Waals surface area contributed by atoms with Gasteiger partial charge in [0.1, 0.15) is 5.76 Å². The molecule has 1 aromatic carbocycles. The first-order valence-electron chi connectivity index (χ1n) is 5.81. The first kappa shape index (κ1) is 10.4. The SMILES string of the molecule is Nc1nc2c(o1)CN(Cc1ccccc1)CC2. The zero-order valence-electron chi connectivity index (χ0n) is 9.60. The van der Waals surface area contributed by atoms with Crippen molar-refractivity contribution >= 4 is 6.01 Å². The van der Waals surface area contributed by atoms with E-state index in [0.717, 1.165) is 37.5 Å². The summed E-state index contributed by atoms with van der Waals surface area (Å²) in [6.07, 6.45) is 0.920. The third kappa shape index (κ3) is 2.17. The van der Waals surface area contributed by atoms with Crippen LogP contribution in [0.15, 0.2) is 34.7 Å². The summed E-state index contributed by atoms with van der Waals surface area (Å²) in [5.41, 5.74) is 7.90. The number of rotatable bonds is 2. The van der Waals surface area contributed by atoms with Gasteiger partial charge in [-0.05, 0) is 5.56 Å². The molecule has 3 rings (SSSR count). The second-order valence-electron chi connectivity index (χ2n) is 4.37. The number of nitrogens with zero attached hydrogens (tertiary/aromatic N) is 2. The molecule has 4 heteroatoms. The highest BCUT2D eigenvalue weighted by molar-refractivity contribution is 5.22. The number of benzene rings is 1. The van der Waals surface area contributed by atoms with Crippen molar-refractivity contribution in [1.29, 1.82) is 0 Å². The van der Waals surface area contributed by atoms with Gasteiger partial charge in [0, 0.05) is 19.5 Å². The molecule has 0 unspecified atom stereocenters. The first-order valence-corrected chi connectivity index (χ1v) is 5.81. The van der Waals surface area contributed by atoms with Gasteiger partial charge in [-0.1, -0.05) is 30.3 Å². The Morgan fingerprint density at radius 1 is 1.29 bits per heavy atom. The van der Waals surface area contributed by atoms with Crippen molar-refractivity contribution in [1.82, 2.24) is 9.88 Å². The molecule has 88 valence electrons. The molecular weight excluding hydrogens is 214 g/mol. The highest BCUT2D eigenvalue weighted by atomic mass is 16.4. The van der Waals surface area contributed by atoms with Gasteiger partial charge in [0.2, 0.25) is 0 Å². The molecule has 1 aromatic heterocycles. The molecule has 2 heterocycles. The third-order valence-corrected chi connectivity index (χ3v) is 3.08. The van der Waals surface area contributed by atoms with Gasteiger partial charge in [0.05, 0.1) is 12.2 Å². The molecule has 2 N–H and O–H groups in total. The summed E-state index contributed by atoms with van der Waals surface area (Å²) < 4.78 is 5.40. The average molecular weight is 229 g/mol. The fraction of sp³-hybridized carbons (Fsp3) is 0.308. The van der Waals surface area contributed by atoms with Gasteiger partial charge in [-0.25, -0.2) is 0 Å². The average Bonchev–Trinajstić information content (AvgIpc) is 2.70. The molecule has 0 aliphatic carbocycles. The Morgan fingerprint density at radius 3 is 2.94 bits per heavy atom. The summed E-state index contributed by atoms with van der Waals surface area (Å²) in [4.78, 5) is 6.53. The number of fused-ring (bicyclic) bond motifs is 1. The van der Waals surface area contributed by atoms with Crippen molar-refractivity contribution in [3.8, 4) is 0 Å². The number of oxazole rings is 1. The largest absolute Gasteiger partial charge is 0.427 e. The predicted octanol–water partition coefficient (Wildman–Crippen LogP) is 1.82. The minimum Gasteiger partial charge on any atom is -0.427 e. The lowest BCUT2D eigenvalue weighted by atomic mass is 10.1. The van der Waals surface area contributed by atoms with Crippen LogP contribution in [0.4, 0.5) is 6.01 Å². The van der Waals surface area contributed by atoms with Crippen LogP contribution in [0.3, 0.4) is 0 Å². The molecule has 0 fully saturated rings. The van der Waals surface area contributed by atoms with E-state index in [-0.39, 0.29) is 6.01 Å². The van der Waals surface area contributed by atoms with Crippen molar-refractivity contribution in [3.63, 3.8) is 0 Å². The van der Waals surface area contributed by atoms with E-state index in [4.69, 9.17) is 10.2 Å². The zero-order valence-corrected chi connectivity index (χ0v) is 9.60. The lowest BCUT2D eigenvalue weighted by Crippen LogP contribution is -2.29. The van der Waals surface area contributed by atoms with Gasteiger partial charge in [0.15, 0.2) is 0 Å². The van der Waals surface area contributed by atoms with E-state index < -0.39 is 0 Å². The number of nitrogen functional groups attached to an aromatic ring is 1. The van der Waals surface area contributed by atoms with Crippen molar-refractivity contribution in [2.45, 2.75) is 19.5 Å². The van der Waals surface area contributed by atoms with E-state index in [9.17, 15) is 0 Å². The summed E-state index contributed by atoms with van der Waals surface area (Å²) in [6, 6.07) is 10.7. The van der Waals surface area contributed by atoms with E-state index in [1.807, 2.05) is 6.07 Å². The van der Waals surface area contributed by atoms with Gasteiger partial charge >= 0.3 is 0 Å². The second kappa shape index (κ2) is 4.22. The Labute approximate surface area is 100 Å². The topological polar surface area (TPSA) is 55.3 Å². The quantitative estimate of drug-likeness (QED) is 0.853. The molecule has 2 aromatic rings. The van der Waals surface area contributed by atoms with E-state index >= 15 is 0 Å². The van der Waals surface area contributed by atoms with Crippen molar-refractivity contribution in [2.75, 3.05) is 12.3 Å². The number of aromatic nitrogens is 1. The molecule has 0 saturated carbocycles. The third-order valence-electron chi connectivity index (χ3n) is 3.08. The number of hydrogen-bond donors (Lipinski definition) is 1. The summed E-state index contributed by atoms with van der Waals surface area (Å²) in [6.45, 7) is 2.75. The van der Waals surface area contributed by atoms with Crippen LogP contribution in [0.25, 0.3) is 0 Å². The maximum Gasteiger partial charge on any atom is 0.292 e. The molecule has 1 aliphatic rings. The standard InChI is InChI=1S/C13H15N3O/c14-13-15-11-6-7-16(9-12(11)17-13)8-10-4-2-1-3-5-10/h1-5H,6-9H2,(H2,14,15). The van der Waals surface area contributed by atoms with E-state index in [1.54, 1.807) is 0 Å².